The molecule has 5 rings (SSSR count). The minimum Gasteiger partial charge on any atom is -0.368 e. The van der Waals surface area contributed by atoms with Crippen LogP contribution in [-0.4, -0.2) is 47.0 Å². The van der Waals surface area contributed by atoms with Gasteiger partial charge < -0.3 is 15.1 Å². The van der Waals surface area contributed by atoms with E-state index < -0.39 is 0 Å². The quantitative estimate of drug-likeness (QED) is 0.674. The van der Waals surface area contributed by atoms with E-state index in [4.69, 9.17) is 0 Å². The zero-order valence-corrected chi connectivity index (χ0v) is 17.5. The van der Waals surface area contributed by atoms with Crippen molar-refractivity contribution < 1.29 is 0 Å². The monoisotopic (exact) mass is 408 g/mol. The third-order valence-corrected chi connectivity index (χ3v) is 7.02. The van der Waals surface area contributed by atoms with Crippen molar-refractivity contribution in [3.63, 3.8) is 0 Å². The molecule has 3 aromatic rings. The topological polar surface area (TPSA) is 49.2 Å². The van der Waals surface area contributed by atoms with Crippen molar-refractivity contribution in [2.24, 2.45) is 0 Å². The average molecular weight is 409 g/mol. The minimum absolute atomic E-state index is 0.671. The highest BCUT2D eigenvalue weighted by Crippen LogP contribution is 2.27. The molecule has 1 saturated heterocycles. The Morgan fingerprint density at radius 3 is 2.38 bits per heavy atom. The van der Waals surface area contributed by atoms with Crippen LogP contribution in [-0.2, 0) is 6.54 Å². The molecule has 0 amide bonds. The van der Waals surface area contributed by atoms with E-state index in [0.29, 0.717) is 6.04 Å². The number of para-hydroxylation sites is 1. The first-order valence-corrected chi connectivity index (χ1v) is 11.5. The first-order valence-electron chi connectivity index (χ1n) is 10.7. The molecule has 1 aliphatic carbocycles. The van der Waals surface area contributed by atoms with Crippen molar-refractivity contribution in [1.82, 2.24) is 20.1 Å². The van der Waals surface area contributed by atoms with Gasteiger partial charge >= 0.3 is 0 Å². The van der Waals surface area contributed by atoms with Gasteiger partial charge in [0, 0.05) is 56.3 Å². The fourth-order valence-electron chi connectivity index (χ4n) is 4.35. The first kappa shape index (κ1) is 18.6. The van der Waals surface area contributed by atoms with Gasteiger partial charge in [-0.1, -0.05) is 42.4 Å². The van der Waals surface area contributed by atoms with Gasteiger partial charge in [0.2, 0.25) is 10.3 Å². The van der Waals surface area contributed by atoms with Crippen molar-refractivity contribution >= 4 is 22.2 Å². The van der Waals surface area contributed by atoms with Crippen LogP contribution in [0.25, 0.3) is 5.13 Å². The molecule has 29 heavy (non-hydrogen) atoms. The molecule has 3 heterocycles. The second-order valence-corrected chi connectivity index (χ2v) is 8.84. The Balaban J connectivity index is 1.22. The van der Waals surface area contributed by atoms with Crippen molar-refractivity contribution in [1.29, 1.82) is 0 Å². The standard InChI is InChI=1S/C22H28N6S/c1-2-9-19(10-3-1)26-13-15-27(16-14-26)21-24-25-22(29-21)28-12-6-11-20(28)17-23-18-7-4-5-8-18/h1-3,6,9-12,18,23H,4-5,7-8,13-17H2. The number of piperazine rings is 1. The van der Waals surface area contributed by atoms with E-state index in [0.717, 1.165) is 43.0 Å². The second-order valence-electron chi connectivity index (χ2n) is 7.91. The minimum atomic E-state index is 0.671. The summed E-state index contributed by atoms with van der Waals surface area (Å²) in [5, 5.41) is 14.7. The molecule has 0 unspecified atom stereocenters. The lowest BCUT2D eigenvalue weighted by atomic mass is 10.2. The van der Waals surface area contributed by atoms with Gasteiger partial charge in [0.05, 0.1) is 0 Å². The van der Waals surface area contributed by atoms with Crippen molar-refractivity contribution in [3.05, 3.63) is 54.4 Å². The van der Waals surface area contributed by atoms with Gasteiger partial charge in [0.15, 0.2) is 0 Å². The molecular formula is C22H28N6S. The second kappa shape index (κ2) is 8.55. The summed E-state index contributed by atoms with van der Waals surface area (Å²) in [5.41, 5.74) is 2.56. The predicted molar refractivity (Wildman–Crippen MR) is 119 cm³/mol. The number of rotatable bonds is 6. The van der Waals surface area contributed by atoms with Crippen molar-refractivity contribution in [3.8, 4) is 5.13 Å². The van der Waals surface area contributed by atoms with Crippen LogP contribution in [0.2, 0.25) is 0 Å². The zero-order valence-electron chi connectivity index (χ0n) is 16.7. The fourth-order valence-corrected chi connectivity index (χ4v) is 5.27. The number of hydrogen-bond acceptors (Lipinski definition) is 6. The van der Waals surface area contributed by atoms with Crippen LogP contribution in [0.4, 0.5) is 10.8 Å². The lowest BCUT2D eigenvalue weighted by Gasteiger charge is -2.35. The third kappa shape index (κ3) is 4.16. The molecule has 6 nitrogen and oxygen atoms in total. The van der Waals surface area contributed by atoms with E-state index in [9.17, 15) is 0 Å². The number of nitrogens with one attached hydrogen (secondary N) is 1. The molecule has 7 heteroatoms. The third-order valence-electron chi connectivity index (χ3n) is 6.04. The Kier molecular flexibility index (Phi) is 5.49. The van der Waals surface area contributed by atoms with E-state index in [2.05, 4.69) is 78.5 Å². The Labute approximate surface area is 176 Å². The highest BCUT2D eigenvalue weighted by Gasteiger charge is 2.21. The maximum atomic E-state index is 4.51. The van der Waals surface area contributed by atoms with Gasteiger partial charge in [-0.15, -0.1) is 10.2 Å². The van der Waals surface area contributed by atoms with Crippen LogP contribution < -0.4 is 15.1 Å². The lowest BCUT2D eigenvalue weighted by Crippen LogP contribution is -2.46. The largest absolute Gasteiger partial charge is 0.368 e. The summed E-state index contributed by atoms with van der Waals surface area (Å²) < 4.78 is 2.18. The maximum absolute atomic E-state index is 4.51. The lowest BCUT2D eigenvalue weighted by molar-refractivity contribution is 0.516. The summed E-state index contributed by atoms with van der Waals surface area (Å²) in [5.74, 6) is 0. The summed E-state index contributed by atoms with van der Waals surface area (Å²) >= 11 is 1.69. The van der Waals surface area contributed by atoms with Gasteiger partial charge in [-0.2, -0.15) is 0 Å². The molecule has 0 bridgehead atoms. The van der Waals surface area contributed by atoms with E-state index in [1.165, 1.54) is 37.1 Å². The SMILES string of the molecule is c1ccc(N2CCN(c3nnc(-n4cccc4CNC4CCCC4)s3)CC2)cc1. The van der Waals surface area contributed by atoms with Crippen LogP contribution >= 0.6 is 11.3 Å². The summed E-state index contributed by atoms with van der Waals surface area (Å²) in [6, 6.07) is 15.6. The highest BCUT2D eigenvalue weighted by molar-refractivity contribution is 7.17. The van der Waals surface area contributed by atoms with E-state index in [1.807, 2.05) is 0 Å². The van der Waals surface area contributed by atoms with Gasteiger partial charge in [0.1, 0.15) is 0 Å². The van der Waals surface area contributed by atoms with E-state index >= 15 is 0 Å². The van der Waals surface area contributed by atoms with Gasteiger partial charge in [0.25, 0.3) is 0 Å². The number of anilines is 2. The summed E-state index contributed by atoms with van der Waals surface area (Å²) in [6.07, 6.45) is 7.42. The number of benzene rings is 1. The van der Waals surface area contributed by atoms with Crippen LogP contribution in [0.5, 0.6) is 0 Å². The first-order chi connectivity index (χ1) is 14.4. The van der Waals surface area contributed by atoms with Crippen molar-refractivity contribution in [2.75, 3.05) is 36.0 Å². The van der Waals surface area contributed by atoms with Gasteiger partial charge in [-0.25, -0.2) is 0 Å². The molecule has 0 atom stereocenters. The summed E-state index contributed by atoms with van der Waals surface area (Å²) in [4.78, 5) is 4.80. The molecule has 0 spiro atoms. The molecule has 0 radical (unpaired) electrons. The Bertz CT molecular complexity index is 906. The average Bonchev–Trinajstić information content (AvgIpc) is 3.54. The van der Waals surface area contributed by atoms with Gasteiger partial charge in [-0.3, -0.25) is 4.57 Å². The molecule has 152 valence electrons. The highest BCUT2D eigenvalue weighted by atomic mass is 32.1. The Morgan fingerprint density at radius 2 is 1.59 bits per heavy atom. The van der Waals surface area contributed by atoms with E-state index in [-0.39, 0.29) is 0 Å². The van der Waals surface area contributed by atoms with Crippen LogP contribution in [0, 0.1) is 0 Å². The smallest absolute Gasteiger partial charge is 0.218 e. The molecule has 2 aromatic heterocycles. The summed E-state index contributed by atoms with van der Waals surface area (Å²) in [7, 11) is 0. The molecule has 1 aromatic carbocycles. The van der Waals surface area contributed by atoms with Gasteiger partial charge in [-0.05, 0) is 37.1 Å². The van der Waals surface area contributed by atoms with E-state index in [1.54, 1.807) is 11.3 Å². The van der Waals surface area contributed by atoms with Crippen LogP contribution in [0.3, 0.4) is 0 Å². The molecule has 2 fully saturated rings. The molecule has 1 aliphatic heterocycles. The summed E-state index contributed by atoms with van der Waals surface area (Å²) in [6.45, 7) is 4.87. The normalized spacial score (nSPS) is 17.9. The molecule has 1 saturated carbocycles. The zero-order chi connectivity index (χ0) is 19.5. The van der Waals surface area contributed by atoms with Crippen LogP contribution in [0.1, 0.15) is 31.4 Å². The molecular weight excluding hydrogens is 380 g/mol. The molecule has 1 N–H and O–H groups in total. The Morgan fingerprint density at radius 1 is 0.862 bits per heavy atom. The Hall–Kier alpha value is -2.38. The number of aromatic nitrogens is 3. The van der Waals surface area contributed by atoms with Crippen molar-refractivity contribution in [2.45, 2.75) is 38.3 Å². The fraction of sp³-hybridized carbons (Fsp3) is 0.455. The number of nitrogens with zero attached hydrogens (tertiary/aromatic N) is 5. The van der Waals surface area contributed by atoms with Crippen LogP contribution in [0.15, 0.2) is 48.7 Å². The maximum Gasteiger partial charge on any atom is 0.218 e. The molecule has 2 aliphatic rings. The number of hydrogen-bond donors (Lipinski definition) is 1. The predicted octanol–water partition coefficient (Wildman–Crippen LogP) is 3.69.